The Labute approximate surface area is 152 Å². The van der Waals surface area contributed by atoms with Crippen LogP contribution in [-0.4, -0.2) is 12.1 Å². The Morgan fingerprint density at radius 2 is 2.00 bits per heavy atom. The van der Waals surface area contributed by atoms with E-state index in [2.05, 4.69) is 33.8 Å². The minimum Gasteiger partial charge on any atom is -0.303 e. The predicted molar refractivity (Wildman–Crippen MR) is 100.0 cm³/mol. The molecule has 0 aromatic carbocycles. The van der Waals surface area contributed by atoms with Crippen LogP contribution in [-0.2, 0) is 9.59 Å². The highest BCUT2D eigenvalue weighted by Gasteiger charge is 2.67. The highest BCUT2D eigenvalue weighted by molar-refractivity contribution is 5.93. The lowest BCUT2D eigenvalue weighted by Crippen LogP contribution is -2.36. The van der Waals surface area contributed by atoms with Crippen LogP contribution in [0.3, 0.4) is 0 Å². The Balaban J connectivity index is 1.58. The first kappa shape index (κ1) is 17.5. The Bertz CT molecular complexity index is 620. The van der Waals surface area contributed by atoms with Crippen molar-refractivity contribution in [2.45, 2.75) is 72.6 Å². The molecule has 0 spiro atoms. The van der Waals surface area contributed by atoms with Gasteiger partial charge in [-0.05, 0) is 74.0 Å². The quantitative estimate of drug-likeness (QED) is 0.519. The summed E-state index contributed by atoms with van der Waals surface area (Å²) in [6.07, 6.45) is 12.1. The molecule has 0 aromatic rings. The molecule has 2 nitrogen and oxygen atoms in total. The molecule has 0 heterocycles. The first-order valence-corrected chi connectivity index (χ1v) is 10.5. The number of hydrogen-bond donors (Lipinski definition) is 0. The van der Waals surface area contributed by atoms with Gasteiger partial charge in [0.1, 0.15) is 12.1 Å². The predicted octanol–water partition coefficient (Wildman–Crippen LogP) is 5.22. The molecule has 0 amide bonds. The van der Waals surface area contributed by atoms with Crippen molar-refractivity contribution < 1.29 is 9.59 Å². The largest absolute Gasteiger partial charge is 0.303 e. The highest BCUT2D eigenvalue weighted by atomic mass is 16.1. The molecule has 138 valence electrons. The Morgan fingerprint density at radius 1 is 1.24 bits per heavy atom. The molecule has 0 saturated heterocycles. The van der Waals surface area contributed by atoms with Crippen molar-refractivity contribution in [3.63, 3.8) is 0 Å². The zero-order valence-corrected chi connectivity index (χ0v) is 16.4. The van der Waals surface area contributed by atoms with Crippen LogP contribution in [0.5, 0.6) is 0 Å². The van der Waals surface area contributed by atoms with Crippen LogP contribution < -0.4 is 0 Å². The van der Waals surface area contributed by atoms with E-state index in [0.717, 1.165) is 12.8 Å². The third kappa shape index (κ3) is 2.35. The van der Waals surface area contributed by atoms with Crippen molar-refractivity contribution in [2.24, 2.45) is 46.3 Å². The lowest BCUT2D eigenvalue weighted by Gasteiger charge is -2.44. The van der Waals surface area contributed by atoms with Gasteiger partial charge in [-0.3, -0.25) is 4.79 Å². The standard InChI is InChI=1S/C23H34O2/c1-14-10-18-12-23(18,21(14)25)16(3)11-17-6-5-9-22(4)19(15(2)13-24)7-8-20(17)22/h11,13-16,18-20H,5-10,12H2,1-4H3/b17-11+/t14-,15+,16+,18?,19+,20-,22+,23+/m0/s1. The van der Waals surface area contributed by atoms with E-state index in [9.17, 15) is 9.59 Å². The summed E-state index contributed by atoms with van der Waals surface area (Å²) < 4.78 is 0. The summed E-state index contributed by atoms with van der Waals surface area (Å²) in [6.45, 7) is 8.97. The van der Waals surface area contributed by atoms with Crippen molar-refractivity contribution in [1.29, 1.82) is 0 Å². The maximum atomic E-state index is 12.8. The minimum absolute atomic E-state index is 0.00560. The minimum atomic E-state index is -0.00560. The van der Waals surface area contributed by atoms with Crippen molar-refractivity contribution in [3.8, 4) is 0 Å². The number of allylic oxidation sites excluding steroid dienone is 2. The van der Waals surface area contributed by atoms with Crippen LogP contribution in [0, 0.1) is 46.3 Å². The van der Waals surface area contributed by atoms with E-state index in [4.69, 9.17) is 0 Å². The zero-order valence-electron chi connectivity index (χ0n) is 16.4. The monoisotopic (exact) mass is 342 g/mol. The van der Waals surface area contributed by atoms with Gasteiger partial charge in [-0.2, -0.15) is 0 Å². The molecule has 1 unspecified atom stereocenters. The van der Waals surface area contributed by atoms with Gasteiger partial charge in [-0.1, -0.05) is 39.3 Å². The summed E-state index contributed by atoms with van der Waals surface area (Å²) in [5.74, 6) is 3.22. The normalized spacial score (nSPS) is 49.6. The fourth-order valence-electron chi connectivity index (χ4n) is 7.43. The molecule has 8 atom stereocenters. The van der Waals surface area contributed by atoms with Crippen molar-refractivity contribution in [1.82, 2.24) is 0 Å². The van der Waals surface area contributed by atoms with E-state index in [1.807, 2.05) is 0 Å². The fourth-order valence-corrected chi connectivity index (χ4v) is 7.43. The number of aldehydes is 1. The lowest BCUT2D eigenvalue weighted by molar-refractivity contribution is -0.126. The maximum Gasteiger partial charge on any atom is 0.142 e. The second-order valence-corrected chi connectivity index (χ2v) is 10.1. The summed E-state index contributed by atoms with van der Waals surface area (Å²) in [6, 6.07) is 0. The Hall–Kier alpha value is -0.920. The number of carbonyl (C=O) groups is 2. The van der Waals surface area contributed by atoms with E-state index in [1.54, 1.807) is 5.57 Å². The fraction of sp³-hybridized carbons (Fsp3) is 0.826. The molecule has 0 bridgehead atoms. The summed E-state index contributed by atoms with van der Waals surface area (Å²) >= 11 is 0. The Kier molecular flexibility index (Phi) is 4.05. The van der Waals surface area contributed by atoms with E-state index in [1.165, 1.54) is 38.4 Å². The second-order valence-electron chi connectivity index (χ2n) is 10.1. The SMILES string of the molecule is C[C@H](C=O)[C@H]1CC[C@H]2/C(=C/[C@@H](C)[C@]34CC3C[C@H](C)C4=O)CCC[C@]12C. The van der Waals surface area contributed by atoms with Gasteiger partial charge in [-0.25, -0.2) is 0 Å². The van der Waals surface area contributed by atoms with E-state index in [-0.39, 0.29) is 22.7 Å². The van der Waals surface area contributed by atoms with Crippen LogP contribution >= 0.6 is 0 Å². The average molecular weight is 343 g/mol. The van der Waals surface area contributed by atoms with Crippen molar-refractivity contribution in [2.75, 3.05) is 0 Å². The molecular formula is C23H34O2. The molecule has 0 radical (unpaired) electrons. The molecule has 0 aromatic heterocycles. The van der Waals surface area contributed by atoms with Crippen LogP contribution in [0.25, 0.3) is 0 Å². The van der Waals surface area contributed by atoms with Gasteiger partial charge in [0, 0.05) is 17.3 Å². The number of carbonyl (C=O) groups excluding carboxylic acids is 2. The Morgan fingerprint density at radius 3 is 2.64 bits per heavy atom. The number of ketones is 1. The summed E-state index contributed by atoms with van der Waals surface area (Å²) in [5.41, 5.74) is 1.90. The molecule has 4 aliphatic carbocycles. The summed E-state index contributed by atoms with van der Waals surface area (Å²) in [4.78, 5) is 24.2. The van der Waals surface area contributed by atoms with Gasteiger partial charge >= 0.3 is 0 Å². The first-order valence-electron chi connectivity index (χ1n) is 10.5. The van der Waals surface area contributed by atoms with Gasteiger partial charge in [0.05, 0.1) is 0 Å². The third-order valence-corrected chi connectivity index (χ3v) is 8.86. The average Bonchev–Trinajstić information content (AvgIpc) is 3.10. The van der Waals surface area contributed by atoms with Gasteiger partial charge < -0.3 is 4.79 Å². The molecule has 4 rings (SSSR count). The maximum absolute atomic E-state index is 12.8. The molecule has 4 saturated carbocycles. The zero-order chi connectivity index (χ0) is 18.0. The van der Waals surface area contributed by atoms with Gasteiger partial charge in [0.25, 0.3) is 0 Å². The lowest BCUT2D eigenvalue weighted by atomic mass is 9.61. The topological polar surface area (TPSA) is 34.1 Å². The van der Waals surface area contributed by atoms with Crippen LogP contribution in [0.4, 0.5) is 0 Å². The molecule has 0 aliphatic heterocycles. The highest BCUT2D eigenvalue weighted by Crippen LogP contribution is 2.68. The van der Waals surface area contributed by atoms with Crippen molar-refractivity contribution in [3.05, 3.63) is 11.6 Å². The van der Waals surface area contributed by atoms with Crippen LogP contribution in [0.15, 0.2) is 11.6 Å². The van der Waals surface area contributed by atoms with Gasteiger partial charge in [0.15, 0.2) is 0 Å². The summed E-state index contributed by atoms with van der Waals surface area (Å²) in [5, 5.41) is 0. The van der Waals surface area contributed by atoms with E-state index in [0.29, 0.717) is 29.5 Å². The molecule has 4 fully saturated rings. The number of fused-ring (bicyclic) bond motifs is 2. The number of Topliss-reactive ketones (excluding diaryl/α,β-unsaturated/α-hetero) is 1. The van der Waals surface area contributed by atoms with Gasteiger partial charge in [-0.15, -0.1) is 0 Å². The van der Waals surface area contributed by atoms with Crippen LogP contribution in [0.2, 0.25) is 0 Å². The summed E-state index contributed by atoms with van der Waals surface area (Å²) in [7, 11) is 0. The molecule has 4 aliphatic rings. The van der Waals surface area contributed by atoms with Crippen molar-refractivity contribution >= 4 is 12.1 Å². The first-order chi connectivity index (χ1) is 11.8. The molecule has 2 heteroatoms. The smallest absolute Gasteiger partial charge is 0.142 e. The molecule has 25 heavy (non-hydrogen) atoms. The van der Waals surface area contributed by atoms with E-state index >= 15 is 0 Å². The third-order valence-electron chi connectivity index (χ3n) is 8.86. The van der Waals surface area contributed by atoms with Gasteiger partial charge in [0.2, 0.25) is 0 Å². The van der Waals surface area contributed by atoms with E-state index < -0.39 is 0 Å². The number of rotatable bonds is 4. The number of hydrogen-bond acceptors (Lipinski definition) is 2. The molecule has 0 N–H and O–H groups in total. The van der Waals surface area contributed by atoms with Crippen LogP contribution in [0.1, 0.15) is 72.6 Å². The molecular weight excluding hydrogens is 308 g/mol. The second kappa shape index (κ2) is 5.79.